The second-order valence-corrected chi connectivity index (χ2v) is 6.81. The molecule has 3 atom stereocenters. The summed E-state index contributed by atoms with van der Waals surface area (Å²) in [5.41, 5.74) is 1.70. The summed E-state index contributed by atoms with van der Waals surface area (Å²) < 4.78 is 0. The quantitative estimate of drug-likeness (QED) is 0.888. The van der Waals surface area contributed by atoms with Crippen LogP contribution in [-0.4, -0.2) is 5.11 Å². The Bertz CT molecular complexity index is 511. The summed E-state index contributed by atoms with van der Waals surface area (Å²) in [6, 6.07) is 10.8. The largest absolute Gasteiger partial charge is 0.387 e. The van der Waals surface area contributed by atoms with E-state index >= 15 is 0 Å². The summed E-state index contributed by atoms with van der Waals surface area (Å²) in [4.78, 5) is 0. The highest BCUT2D eigenvalue weighted by atomic mass is 16.3. The molecule has 1 N–H and O–H groups in total. The monoisotopic (exact) mass is 269 g/mol. The van der Waals surface area contributed by atoms with Gasteiger partial charge in [-0.15, -0.1) is 0 Å². The molecule has 2 aliphatic carbocycles. The Morgan fingerprint density at radius 3 is 2.50 bits per heavy atom. The normalized spacial score (nSPS) is 31.6. The van der Waals surface area contributed by atoms with Gasteiger partial charge in [-0.1, -0.05) is 44.0 Å². The van der Waals surface area contributed by atoms with E-state index in [4.69, 9.17) is 0 Å². The van der Waals surface area contributed by atoms with Crippen LogP contribution in [-0.2, 0) is 0 Å². The molecule has 2 aliphatic rings. The van der Waals surface area contributed by atoms with E-state index in [0.29, 0.717) is 5.92 Å². The third-order valence-electron chi connectivity index (χ3n) is 5.08. The Kier molecular flexibility index (Phi) is 3.56. The lowest BCUT2D eigenvalue weighted by Crippen LogP contribution is -2.32. The number of benzene rings is 1. The number of aliphatic hydroxyl groups is 1. The summed E-state index contributed by atoms with van der Waals surface area (Å²) >= 11 is 0. The van der Waals surface area contributed by atoms with Crippen LogP contribution in [0.4, 0.5) is 0 Å². The Hall–Kier alpha value is -1.33. The lowest BCUT2D eigenvalue weighted by Gasteiger charge is -2.38. The van der Waals surface area contributed by atoms with Crippen LogP contribution in [0.1, 0.15) is 68.6 Å². The first kappa shape index (κ1) is 13.6. The first-order valence-electron chi connectivity index (χ1n) is 7.84. The zero-order valence-electron chi connectivity index (χ0n) is 12.2. The molecule has 0 amide bonds. The van der Waals surface area contributed by atoms with Crippen LogP contribution < -0.4 is 0 Å². The van der Waals surface area contributed by atoms with E-state index in [2.05, 4.69) is 25.1 Å². The SMILES string of the molecule is CC1CCCC(C#N)(C(O)c2ccc(C3CC3)cc2)C1. The van der Waals surface area contributed by atoms with E-state index in [0.717, 1.165) is 30.7 Å². The zero-order chi connectivity index (χ0) is 14.2. The van der Waals surface area contributed by atoms with Crippen LogP contribution in [0, 0.1) is 22.7 Å². The molecule has 0 heterocycles. The number of hydrogen-bond donors (Lipinski definition) is 1. The van der Waals surface area contributed by atoms with Gasteiger partial charge in [0.15, 0.2) is 0 Å². The summed E-state index contributed by atoms with van der Waals surface area (Å²) in [7, 11) is 0. The second-order valence-electron chi connectivity index (χ2n) is 6.81. The number of rotatable bonds is 3. The minimum absolute atomic E-state index is 0.531. The molecule has 3 rings (SSSR count). The first-order chi connectivity index (χ1) is 9.64. The predicted octanol–water partition coefficient (Wildman–Crippen LogP) is 4.32. The van der Waals surface area contributed by atoms with E-state index in [1.54, 1.807) is 0 Å². The topological polar surface area (TPSA) is 44.0 Å². The molecule has 2 nitrogen and oxygen atoms in total. The molecule has 0 radical (unpaired) electrons. The van der Waals surface area contributed by atoms with Crippen LogP contribution in [0.5, 0.6) is 0 Å². The van der Waals surface area contributed by atoms with Crippen LogP contribution in [0.2, 0.25) is 0 Å². The molecule has 0 spiro atoms. The fraction of sp³-hybridized carbons (Fsp3) is 0.611. The van der Waals surface area contributed by atoms with Crippen LogP contribution in [0.3, 0.4) is 0 Å². The average molecular weight is 269 g/mol. The average Bonchev–Trinajstić information content (AvgIpc) is 3.31. The molecular weight excluding hydrogens is 246 g/mol. The fourth-order valence-corrected chi connectivity index (χ4v) is 3.69. The molecule has 3 unspecified atom stereocenters. The van der Waals surface area contributed by atoms with Gasteiger partial charge in [0.2, 0.25) is 0 Å². The van der Waals surface area contributed by atoms with E-state index in [1.807, 2.05) is 12.1 Å². The van der Waals surface area contributed by atoms with E-state index in [1.165, 1.54) is 24.8 Å². The molecule has 2 fully saturated rings. The van der Waals surface area contributed by atoms with Crippen molar-refractivity contribution in [1.82, 2.24) is 0 Å². The molecule has 2 heteroatoms. The van der Waals surface area contributed by atoms with Gasteiger partial charge in [0.1, 0.15) is 0 Å². The molecule has 106 valence electrons. The Morgan fingerprint density at radius 1 is 1.25 bits per heavy atom. The maximum Gasteiger partial charge on any atom is 0.0976 e. The van der Waals surface area contributed by atoms with Crippen molar-refractivity contribution in [2.45, 2.75) is 57.5 Å². The molecule has 0 aliphatic heterocycles. The second kappa shape index (κ2) is 5.22. The maximum absolute atomic E-state index is 10.7. The van der Waals surface area contributed by atoms with Gasteiger partial charge in [-0.2, -0.15) is 5.26 Å². The van der Waals surface area contributed by atoms with E-state index < -0.39 is 11.5 Å². The molecule has 0 aromatic heterocycles. The van der Waals surface area contributed by atoms with Crippen molar-refractivity contribution in [3.8, 4) is 6.07 Å². The van der Waals surface area contributed by atoms with Gasteiger partial charge in [-0.25, -0.2) is 0 Å². The third kappa shape index (κ3) is 2.47. The molecule has 0 bridgehead atoms. The van der Waals surface area contributed by atoms with Crippen molar-refractivity contribution in [3.05, 3.63) is 35.4 Å². The van der Waals surface area contributed by atoms with Crippen molar-refractivity contribution in [2.24, 2.45) is 11.3 Å². The van der Waals surface area contributed by atoms with Gasteiger partial charge in [0.25, 0.3) is 0 Å². The first-order valence-corrected chi connectivity index (χ1v) is 7.84. The van der Waals surface area contributed by atoms with E-state index in [-0.39, 0.29) is 0 Å². The maximum atomic E-state index is 10.7. The van der Waals surface area contributed by atoms with Crippen molar-refractivity contribution in [3.63, 3.8) is 0 Å². The summed E-state index contributed by atoms with van der Waals surface area (Å²) in [5.74, 6) is 1.27. The molecule has 1 aromatic rings. The molecule has 1 aromatic carbocycles. The molecule has 0 saturated heterocycles. The van der Waals surface area contributed by atoms with Crippen molar-refractivity contribution in [1.29, 1.82) is 5.26 Å². The lowest BCUT2D eigenvalue weighted by molar-refractivity contribution is 0.0219. The van der Waals surface area contributed by atoms with Crippen molar-refractivity contribution < 1.29 is 5.11 Å². The van der Waals surface area contributed by atoms with Crippen molar-refractivity contribution in [2.75, 3.05) is 0 Å². The number of hydrogen-bond acceptors (Lipinski definition) is 2. The predicted molar refractivity (Wildman–Crippen MR) is 79.1 cm³/mol. The Morgan fingerprint density at radius 2 is 1.95 bits per heavy atom. The number of nitriles is 1. The summed E-state index contributed by atoms with van der Waals surface area (Å²) in [6.45, 7) is 2.19. The van der Waals surface area contributed by atoms with E-state index in [9.17, 15) is 10.4 Å². The van der Waals surface area contributed by atoms with Gasteiger partial charge in [-0.3, -0.25) is 0 Å². The fourth-order valence-electron chi connectivity index (χ4n) is 3.69. The van der Waals surface area contributed by atoms with Gasteiger partial charge >= 0.3 is 0 Å². The van der Waals surface area contributed by atoms with Gasteiger partial charge in [0, 0.05) is 0 Å². The smallest absolute Gasteiger partial charge is 0.0976 e. The minimum atomic E-state index is -0.650. The third-order valence-corrected chi connectivity index (χ3v) is 5.08. The zero-order valence-corrected chi connectivity index (χ0v) is 12.2. The molecule has 20 heavy (non-hydrogen) atoms. The number of aliphatic hydroxyl groups excluding tert-OH is 1. The standard InChI is InChI=1S/C18H23NO/c1-13-3-2-10-18(11-13,12-19)17(20)16-8-6-15(7-9-16)14-4-5-14/h6-9,13-14,17,20H,2-5,10-11H2,1H3. The highest BCUT2D eigenvalue weighted by Gasteiger charge is 2.42. The minimum Gasteiger partial charge on any atom is -0.387 e. The van der Waals surface area contributed by atoms with Gasteiger partial charge < -0.3 is 5.11 Å². The highest BCUT2D eigenvalue weighted by Crippen LogP contribution is 2.48. The van der Waals surface area contributed by atoms with Gasteiger partial charge in [0.05, 0.1) is 17.6 Å². The van der Waals surface area contributed by atoms with Crippen LogP contribution in [0.15, 0.2) is 24.3 Å². The summed E-state index contributed by atoms with van der Waals surface area (Å²) in [5, 5.41) is 20.4. The van der Waals surface area contributed by atoms with Gasteiger partial charge in [-0.05, 0) is 48.6 Å². The Balaban J connectivity index is 1.82. The van der Waals surface area contributed by atoms with Crippen LogP contribution >= 0.6 is 0 Å². The molecule has 2 saturated carbocycles. The summed E-state index contributed by atoms with van der Waals surface area (Å²) in [6.07, 6.45) is 5.80. The highest BCUT2D eigenvalue weighted by molar-refractivity contribution is 5.31. The van der Waals surface area contributed by atoms with Crippen LogP contribution in [0.25, 0.3) is 0 Å². The lowest BCUT2D eigenvalue weighted by atomic mass is 9.66. The number of nitrogens with zero attached hydrogens (tertiary/aromatic N) is 1. The molecular formula is C18H23NO. The Labute approximate surface area is 121 Å². The van der Waals surface area contributed by atoms with Crippen molar-refractivity contribution >= 4 is 0 Å².